The standard InChI is InChI=1S/C30H38N2O6/c1-4-18-37-24-10-6-22(7-11-24)27-26(28(33)23-8-12-25(13-9-23)38-21(2)3)29(34)30(35)32(27)15-5-14-31-16-19-36-20-17-31/h6-13,21,27,33H,4-5,14-20H2,1-3H3. The Kier molecular flexibility index (Phi) is 9.42. The Balaban J connectivity index is 1.64. The van der Waals surface area contributed by atoms with Crippen molar-refractivity contribution in [1.82, 2.24) is 4.90 Å². The van der Waals surface area contributed by atoms with Gasteiger partial charge in [-0.2, -0.15) is 0 Å². The molecule has 0 spiro atoms. The lowest BCUT2D eigenvalue weighted by molar-refractivity contribution is -0.908. The number of ketones is 1. The van der Waals surface area contributed by atoms with E-state index in [-0.39, 0.29) is 11.7 Å². The van der Waals surface area contributed by atoms with Gasteiger partial charge in [0.2, 0.25) is 5.78 Å². The third-order valence-corrected chi connectivity index (χ3v) is 6.82. The normalized spacial score (nSPS) is 19.8. The molecular formula is C30H38N2O6. The van der Waals surface area contributed by atoms with E-state index in [4.69, 9.17) is 14.2 Å². The van der Waals surface area contributed by atoms with Gasteiger partial charge in [0.05, 0.1) is 38.5 Å². The van der Waals surface area contributed by atoms with Crippen LogP contribution in [0.4, 0.5) is 0 Å². The number of carbonyl (C=O) groups is 2. The summed E-state index contributed by atoms with van der Waals surface area (Å²) >= 11 is 0. The third-order valence-electron chi connectivity index (χ3n) is 6.82. The lowest BCUT2D eigenvalue weighted by Crippen LogP contribution is -3.14. The van der Waals surface area contributed by atoms with E-state index in [1.54, 1.807) is 29.2 Å². The van der Waals surface area contributed by atoms with Crippen LogP contribution in [0.5, 0.6) is 11.5 Å². The predicted octanol–water partition coefficient (Wildman–Crippen LogP) is 1.79. The van der Waals surface area contributed by atoms with Gasteiger partial charge in [0.15, 0.2) is 0 Å². The Morgan fingerprint density at radius 3 is 2.34 bits per heavy atom. The molecule has 38 heavy (non-hydrogen) atoms. The van der Waals surface area contributed by atoms with Gasteiger partial charge in [-0.1, -0.05) is 36.9 Å². The fraction of sp³-hybridized carbons (Fsp3) is 0.467. The van der Waals surface area contributed by atoms with Gasteiger partial charge in [0.25, 0.3) is 5.91 Å². The summed E-state index contributed by atoms with van der Waals surface area (Å²) in [6, 6.07) is 13.3. The first kappa shape index (κ1) is 27.7. The van der Waals surface area contributed by atoms with Gasteiger partial charge in [-0.3, -0.25) is 9.59 Å². The van der Waals surface area contributed by atoms with Crippen LogP contribution in [0, 0.1) is 0 Å². The van der Waals surface area contributed by atoms with Crippen LogP contribution >= 0.6 is 0 Å². The molecule has 8 nitrogen and oxygen atoms in total. The molecule has 0 radical (unpaired) electrons. The molecule has 1 atom stereocenters. The second kappa shape index (κ2) is 12.9. The summed E-state index contributed by atoms with van der Waals surface area (Å²) in [7, 11) is 0. The zero-order valence-corrected chi connectivity index (χ0v) is 22.5. The fourth-order valence-electron chi connectivity index (χ4n) is 4.94. The topological polar surface area (TPSA) is 92.6 Å². The van der Waals surface area contributed by atoms with E-state index in [9.17, 15) is 14.7 Å². The van der Waals surface area contributed by atoms with Crippen LogP contribution in [-0.4, -0.2) is 68.7 Å². The summed E-state index contributed by atoms with van der Waals surface area (Å²) in [5.41, 5.74) is 1.06. The lowest BCUT2D eigenvalue weighted by atomic mass is 9.95. The van der Waals surface area contributed by atoms with Crippen LogP contribution in [0.25, 0.3) is 5.76 Å². The molecule has 2 fully saturated rings. The van der Waals surface area contributed by atoms with E-state index in [0.29, 0.717) is 30.2 Å². The van der Waals surface area contributed by atoms with Crippen molar-refractivity contribution in [1.29, 1.82) is 0 Å². The highest BCUT2D eigenvalue weighted by Gasteiger charge is 2.44. The first-order valence-electron chi connectivity index (χ1n) is 13.6. The first-order valence-corrected chi connectivity index (χ1v) is 13.6. The molecule has 2 saturated heterocycles. The van der Waals surface area contributed by atoms with Crippen molar-refractivity contribution in [2.24, 2.45) is 0 Å². The molecule has 1 amide bonds. The number of hydrogen-bond acceptors (Lipinski definition) is 6. The van der Waals surface area contributed by atoms with E-state index in [0.717, 1.165) is 51.3 Å². The third kappa shape index (κ3) is 6.55. The highest BCUT2D eigenvalue weighted by molar-refractivity contribution is 6.46. The summed E-state index contributed by atoms with van der Waals surface area (Å²) in [6.07, 6.45) is 1.62. The number of amides is 1. The Bertz CT molecular complexity index is 1120. The SMILES string of the molecule is CCCOc1ccc(C2C(=C([O-])c3ccc(OC(C)C)cc3)C(=O)C(=O)N2CCC[NH+]2CCOCC2)cc1. The van der Waals surface area contributed by atoms with Crippen LogP contribution < -0.4 is 19.5 Å². The summed E-state index contributed by atoms with van der Waals surface area (Å²) in [5.74, 6) is -0.435. The maximum atomic E-state index is 13.7. The van der Waals surface area contributed by atoms with Crippen LogP contribution in [0.15, 0.2) is 54.1 Å². The zero-order valence-electron chi connectivity index (χ0n) is 22.5. The van der Waals surface area contributed by atoms with Gasteiger partial charge >= 0.3 is 0 Å². The van der Waals surface area contributed by atoms with E-state index in [1.165, 1.54) is 4.90 Å². The number of ether oxygens (including phenoxy) is 3. The predicted molar refractivity (Wildman–Crippen MR) is 142 cm³/mol. The molecule has 1 N–H and O–H groups in total. The number of carbonyl (C=O) groups excluding carboxylic acids is 2. The quantitative estimate of drug-likeness (QED) is 0.275. The van der Waals surface area contributed by atoms with E-state index >= 15 is 0 Å². The minimum atomic E-state index is -0.742. The summed E-state index contributed by atoms with van der Waals surface area (Å²) < 4.78 is 16.8. The van der Waals surface area contributed by atoms with Crippen molar-refractivity contribution in [2.75, 3.05) is 46.0 Å². The minimum absolute atomic E-state index is 0.00136. The van der Waals surface area contributed by atoms with Crippen molar-refractivity contribution >= 4 is 17.4 Å². The molecule has 0 aromatic heterocycles. The Morgan fingerprint density at radius 1 is 1.05 bits per heavy atom. The molecule has 4 rings (SSSR count). The fourth-order valence-corrected chi connectivity index (χ4v) is 4.94. The molecule has 0 aliphatic carbocycles. The molecule has 2 aromatic carbocycles. The number of Topliss-reactive ketones (excluding diaryl/α,β-unsaturated/α-hetero) is 1. The van der Waals surface area contributed by atoms with Crippen LogP contribution in [0.1, 0.15) is 50.8 Å². The lowest BCUT2D eigenvalue weighted by Gasteiger charge is -2.29. The first-order chi connectivity index (χ1) is 18.4. The van der Waals surface area contributed by atoms with E-state index in [1.807, 2.05) is 45.0 Å². The van der Waals surface area contributed by atoms with Crippen molar-refractivity contribution in [3.63, 3.8) is 0 Å². The summed E-state index contributed by atoms with van der Waals surface area (Å²) in [4.78, 5) is 29.5. The maximum absolute atomic E-state index is 13.7. The number of rotatable bonds is 11. The van der Waals surface area contributed by atoms with Gasteiger partial charge < -0.3 is 29.1 Å². The van der Waals surface area contributed by atoms with Gasteiger partial charge in [-0.15, -0.1) is 0 Å². The van der Waals surface area contributed by atoms with Crippen molar-refractivity contribution in [3.05, 3.63) is 65.2 Å². The number of nitrogens with one attached hydrogen (secondary N) is 1. The molecule has 0 bridgehead atoms. The number of quaternary nitrogens is 1. The highest BCUT2D eigenvalue weighted by atomic mass is 16.5. The summed E-state index contributed by atoms with van der Waals surface area (Å²) in [5, 5.41) is 13.7. The molecule has 2 heterocycles. The van der Waals surface area contributed by atoms with E-state index < -0.39 is 23.5 Å². The number of nitrogens with zero attached hydrogens (tertiary/aromatic N) is 1. The van der Waals surface area contributed by atoms with Crippen LogP contribution in [0.3, 0.4) is 0 Å². The van der Waals surface area contributed by atoms with Gasteiger partial charge in [0, 0.05) is 18.5 Å². The second-order valence-corrected chi connectivity index (χ2v) is 10.0. The van der Waals surface area contributed by atoms with Crippen LogP contribution in [0.2, 0.25) is 0 Å². The van der Waals surface area contributed by atoms with E-state index in [2.05, 4.69) is 0 Å². The van der Waals surface area contributed by atoms with Gasteiger partial charge in [0.1, 0.15) is 24.6 Å². The highest BCUT2D eigenvalue weighted by Crippen LogP contribution is 2.39. The smallest absolute Gasteiger partial charge is 0.295 e. The average molecular weight is 523 g/mol. The molecule has 2 aliphatic rings. The van der Waals surface area contributed by atoms with Crippen LogP contribution in [-0.2, 0) is 14.3 Å². The van der Waals surface area contributed by atoms with Crippen molar-refractivity contribution in [3.8, 4) is 11.5 Å². The Morgan fingerprint density at radius 2 is 1.71 bits per heavy atom. The van der Waals surface area contributed by atoms with Crippen molar-refractivity contribution < 1.29 is 33.8 Å². The second-order valence-electron chi connectivity index (χ2n) is 10.0. The zero-order chi connectivity index (χ0) is 27.1. The monoisotopic (exact) mass is 522 g/mol. The van der Waals surface area contributed by atoms with Crippen molar-refractivity contribution in [2.45, 2.75) is 45.8 Å². The molecule has 0 saturated carbocycles. The number of morpholine rings is 1. The maximum Gasteiger partial charge on any atom is 0.295 e. The molecular weight excluding hydrogens is 484 g/mol. The summed E-state index contributed by atoms with van der Waals surface area (Å²) in [6.45, 7) is 11.1. The number of hydrogen-bond donors (Lipinski definition) is 1. The molecule has 204 valence electrons. The Hall–Kier alpha value is -3.36. The molecule has 2 aromatic rings. The Labute approximate surface area is 224 Å². The largest absolute Gasteiger partial charge is 0.872 e. The molecule has 1 unspecified atom stereocenters. The number of likely N-dealkylation sites (tertiary alicyclic amines) is 1. The van der Waals surface area contributed by atoms with Gasteiger partial charge in [-0.25, -0.2) is 0 Å². The molecule has 8 heteroatoms. The van der Waals surface area contributed by atoms with Gasteiger partial charge in [-0.05, 0) is 55.7 Å². The average Bonchev–Trinajstić information content (AvgIpc) is 3.17. The number of benzene rings is 2. The minimum Gasteiger partial charge on any atom is -0.872 e. The molecule has 2 aliphatic heterocycles.